The van der Waals surface area contributed by atoms with Gasteiger partial charge in [-0.3, -0.25) is 14.6 Å². The molecule has 0 aliphatic carbocycles. The van der Waals surface area contributed by atoms with Crippen molar-refractivity contribution >= 4 is 11.6 Å². The normalized spacial score (nSPS) is 10.2. The lowest BCUT2D eigenvalue weighted by molar-refractivity contribution is -0.116. The van der Waals surface area contributed by atoms with Crippen molar-refractivity contribution in [2.24, 2.45) is 0 Å². The molecule has 1 amide bonds. The Morgan fingerprint density at radius 1 is 1.23 bits per heavy atom. The average molecular weight is 345 g/mol. The van der Waals surface area contributed by atoms with E-state index >= 15 is 0 Å². The first kappa shape index (κ1) is 17.0. The van der Waals surface area contributed by atoms with Crippen molar-refractivity contribution < 1.29 is 4.79 Å². The summed E-state index contributed by atoms with van der Waals surface area (Å²) in [5.74, 6) is -0.398. The van der Waals surface area contributed by atoms with Crippen molar-refractivity contribution in [1.82, 2.24) is 14.5 Å². The van der Waals surface area contributed by atoms with Gasteiger partial charge in [0.15, 0.2) is 0 Å². The molecule has 0 aliphatic heterocycles. The fourth-order valence-electron chi connectivity index (χ4n) is 2.37. The maximum Gasteiger partial charge on any atom is 0.269 e. The second-order valence-corrected chi connectivity index (χ2v) is 5.73. The van der Waals surface area contributed by atoms with Crippen LogP contribution in [0, 0.1) is 18.3 Å². The predicted molar refractivity (Wildman–Crippen MR) is 96.3 cm³/mol. The van der Waals surface area contributed by atoms with E-state index in [1.165, 1.54) is 29.2 Å². The van der Waals surface area contributed by atoms with E-state index in [4.69, 9.17) is 5.26 Å². The van der Waals surface area contributed by atoms with E-state index in [0.29, 0.717) is 16.9 Å². The molecule has 0 bridgehead atoms. The Bertz CT molecular complexity index is 1050. The maximum atomic E-state index is 12.2. The first-order valence-electron chi connectivity index (χ1n) is 7.84. The summed E-state index contributed by atoms with van der Waals surface area (Å²) in [4.78, 5) is 32.3. The summed E-state index contributed by atoms with van der Waals surface area (Å²) >= 11 is 0. The van der Waals surface area contributed by atoms with E-state index in [-0.39, 0.29) is 12.1 Å². The van der Waals surface area contributed by atoms with Crippen LogP contribution in [0.15, 0.2) is 59.9 Å². The number of hydrogen-bond donors (Lipinski definition) is 1. The van der Waals surface area contributed by atoms with Crippen molar-refractivity contribution in [3.63, 3.8) is 0 Å². The van der Waals surface area contributed by atoms with Gasteiger partial charge in [-0.2, -0.15) is 5.26 Å². The Morgan fingerprint density at radius 3 is 2.73 bits per heavy atom. The van der Waals surface area contributed by atoms with Gasteiger partial charge in [0.2, 0.25) is 5.91 Å². The summed E-state index contributed by atoms with van der Waals surface area (Å²) in [6.07, 6.45) is 5.58. The van der Waals surface area contributed by atoms with Crippen molar-refractivity contribution in [3.05, 3.63) is 76.6 Å². The molecule has 0 saturated heterocycles. The minimum atomic E-state index is -0.398. The van der Waals surface area contributed by atoms with Crippen LogP contribution >= 0.6 is 0 Å². The molecule has 0 unspecified atom stereocenters. The molecule has 0 saturated carbocycles. The van der Waals surface area contributed by atoms with Gasteiger partial charge in [-0.1, -0.05) is 29.8 Å². The van der Waals surface area contributed by atoms with Crippen LogP contribution < -0.4 is 10.9 Å². The lowest BCUT2D eigenvalue weighted by Gasteiger charge is -2.09. The smallest absolute Gasteiger partial charge is 0.269 e. The second-order valence-electron chi connectivity index (χ2n) is 5.73. The third kappa shape index (κ3) is 3.99. The highest BCUT2D eigenvalue weighted by Gasteiger charge is 2.08. The largest absolute Gasteiger partial charge is 0.323 e. The van der Waals surface area contributed by atoms with Crippen LogP contribution in [0.1, 0.15) is 11.1 Å². The van der Waals surface area contributed by atoms with Crippen LogP contribution in [0.2, 0.25) is 0 Å². The predicted octanol–water partition coefficient (Wildman–Crippen LogP) is 2.12. The van der Waals surface area contributed by atoms with Gasteiger partial charge in [0.1, 0.15) is 12.6 Å². The minimum absolute atomic E-state index is 0.170. The van der Waals surface area contributed by atoms with E-state index in [1.807, 2.05) is 37.3 Å². The SMILES string of the molecule is Cc1ccc(-c2cn(CC(=O)Nc3cncc(C#N)c3)c(=O)cn2)cc1. The Morgan fingerprint density at radius 2 is 2.00 bits per heavy atom. The molecule has 3 rings (SSSR count). The Labute approximate surface area is 149 Å². The summed E-state index contributed by atoms with van der Waals surface area (Å²) in [5, 5.41) is 11.5. The number of amides is 1. The third-order valence-electron chi connectivity index (χ3n) is 3.69. The van der Waals surface area contributed by atoms with Gasteiger partial charge in [0.25, 0.3) is 5.56 Å². The molecule has 0 radical (unpaired) electrons. The number of rotatable bonds is 4. The lowest BCUT2D eigenvalue weighted by atomic mass is 10.1. The van der Waals surface area contributed by atoms with Crippen molar-refractivity contribution in [1.29, 1.82) is 5.26 Å². The molecule has 0 fully saturated rings. The number of anilines is 1. The van der Waals surface area contributed by atoms with Crippen LogP contribution in [0.3, 0.4) is 0 Å². The number of nitrogens with one attached hydrogen (secondary N) is 1. The summed E-state index contributed by atoms with van der Waals surface area (Å²) in [6, 6.07) is 11.2. The standard InChI is InChI=1S/C19H15N5O2/c1-13-2-4-15(5-3-13)17-11-24(19(26)10-22-17)12-18(25)23-16-6-14(7-20)8-21-9-16/h2-6,8-11H,12H2,1H3,(H,23,25). The van der Waals surface area contributed by atoms with E-state index in [0.717, 1.165) is 11.1 Å². The van der Waals surface area contributed by atoms with Crippen LogP contribution in [0.5, 0.6) is 0 Å². The van der Waals surface area contributed by atoms with Crippen LogP contribution in [-0.4, -0.2) is 20.4 Å². The quantitative estimate of drug-likeness (QED) is 0.780. The van der Waals surface area contributed by atoms with E-state index in [1.54, 1.807) is 6.20 Å². The average Bonchev–Trinajstić information content (AvgIpc) is 2.64. The monoisotopic (exact) mass is 345 g/mol. The molecule has 1 aromatic carbocycles. The molecule has 7 nitrogen and oxygen atoms in total. The number of hydrogen-bond acceptors (Lipinski definition) is 5. The van der Waals surface area contributed by atoms with Gasteiger partial charge in [-0.25, -0.2) is 4.98 Å². The summed E-state index contributed by atoms with van der Waals surface area (Å²) in [6.45, 7) is 1.82. The van der Waals surface area contributed by atoms with Crippen LogP contribution in [0.25, 0.3) is 11.3 Å². The number of carbonyl (C=O) groups excluding carboxylic acids is 1. The molecule has 0 atom stereocenters. The molecule has 0 spiro atoms. The van der Waals surface area contributed by atoms with E-state index in [2.05, 4.69) is 15.3 Å². The van der Waals surface area contributed by atoms with Crippen molar-refractivity contribution in [2.75, 3.05) is 5.32 Å². The molecule has 7 heteroatoms. The highest BCUT2D eigenvalue weighted by atomic mass is 16.2. The molecule has 0 aliphatic rings. The van der Waals surface area contributed by atoms with Crippen molar-refractivity contribution in [3.8, 4) is 17.3 Å². The Balaban J connectivity index is 1.79. The van der Waals surface area contributed by atoms with Crippen LogP contribution in [0.4, 0.5) is 5.69 Å². The topological polar surface area (TPSA) is 101 Å². The van der Waals surface area contributed by atoms with Gasteiger partial charge >= 0.3 is 0 Å². The first-order chi connectivity index (χ1) is 12.5. The number of nitrogens with zero attached hydrogens (tertiary/aromatic N) is 4. The summed E-state index contributed by atoms with van der Waals surface area (Å²) in [5.41, 5.74) is 2.94. The number of benzene rings is 1. The van der Waals surface area contributed by atoms with Gasteiger partial charge in [-0.05, 0) is 13.0 Å². The zero-order valence-corrected chi connectivity index (χ0v) is 14.0. The highest BCUT2D eigenvalue weighted by Crippen LogP contribution is 2.16. The first-order valence-corrected chi connectivity index (χ1v) is 7.84. The number of aromatic nitrogens is 3. The molecular formula is C19H15N5O2. The van der Waals surface area contributed by atoms with Crippen molar-refractivity contribution in [2.45, 2.75) is 13.5 Å². The third-order valence-corrected chi connectivity index (χ3v) is 3.69. The molecule has 1 N–H and O–H groups in total. The number of aryl methyl sites for hydroxylation is 1. The lowest BCUT2D eigenvalue weighted by Crippen LogP contribution is -2.27. The molecule has 2 heterocycles. The van der Waals surface area contributed by atoms with Gasteiger partial charge in [0, 0.05) is 18.0 Å². The second kappa shape index (κ2) is 7.40. The molecule has 128 valence electrons. The number of carbonyl (C=O) groups is 1. The summed E-state index contributed by atoms with van der Waals surface area (Å²) in [7, 11) is 0. The van der Waals surface area contributed by atoms with Gasteiger partial charge < -0.3 is 9.88 Å². The molecule has 3 aromatic rings. The van der Waals surface area contributed by atoms with Gasteiger partial charge in [0.05, 0.1) is 29.3 Å². The molecule has 2 aromatic heterocycles. The number of pyridine rings is 1. The van der Waals surface area contributed by atoms with E-state index in [9.17, 15) is 9.59 Å². The zero-order valence-electron chi connectivity index (χ0n) is 14.0. The Kier molecular flexibility index (Phi) is 4.85. The fourth-order valence-corrected chi connectivity index (χ4v) is 2.37. The zero-order chi connectivity index (χ0) is 18.5. The fraction of sp³-hybridized carbons (Fsp3) is 0.105. The van der Waals surface area contributed by atoms with Crippen LogP contribution in [-0.2, 0) is 11.3 Å². The highest BCUT2D eigenvalue weighted by molar-refractivity contribution is 5.90. The Hall–Kier alpha value is -3.79. The maximum absolute atomic E-state index is 12.2. The minimum Gasteiger partial charge on any atom is -0.323 e. The van der Waals surface area contributed by atoms with Gasteiger partial charge in [-0.15, -0.1) is 0 Å². The molecule has 26 heavy (non-hydrogen) atoms. The molecular weight excluding hydrogens is 330 g/mol. The van der Waals surface area contributed by atoms with E-state index < -0.39 is 5.91 Å². The number of nitriles is 1. The summed E-state index contributed by atoms with van der Waals surface area (Å²) < 4.78 is 1.29.